The van der Waals surface area contributed by atoms with Crippen LogP contribution in [0.4, 0.5) is 0 Å². The predicted molar refractivity (Wildman–Crippen MR) is 40.1 cm³/mol. The molecule has 0 saturated carbocycles. The highest BCUT2D eigenvalue weighted by Gasteiger charge is 2.03. The van der Waals surface area contributed by atoms with Crippen LogP contribution in [-0.2, 0) is 0 Å². The van der Waals surface area contributed by atoms with Crippen molar-refractivity contribution in [1.82, 2.24) is 0 Å². The van der Waals surface area contributed by atoms with Crippen LogP contribution in [0.25, 0.3) is 0 Å². The zero-order valence-electron chi connectivity index (χ0n) is 6.43. The molecule has 1 N–H and O–H groups in total. The zero-order chi connectivity index (χ0) is 7.28. The van der Waals surface area contributed by atoms with Crippen molar-refractivity contribution in [2.75, 3.05) is 0 Å². The Bertz CT molecular complexity index is 59.6. The quantitative estimate of drug-likeness (QED) is 0.615. The lowest BCUT2D eigenvalue weighted by atomic mass is 10.00. The van der Waals surface area contributed by atoms with Gasteiger partial charge in [-0.25, -0.2) is 0 Å². The van der Waals surface area contributed by atoms with Crippen LogP contribution in [-0.4, -0.2) is 11.2 Å². The maximum atomic E-state index is 8.84. The van der Waals surface area contributed by atoms with Crippen molar-refractivity contribution in [2.24, 2.45) is 5.92 Å². The molecular weight excluding hydrogens is 112 g/mol. The van der Waals surface area contributed by atoms with Gasteiger partial charge in [0.15, 0.2) is 0 Å². The van der Waals surface area contributed by atoms with E-state index in [2.05, 4.69) is 20.8 Å². The molecule has 0 aromatic rings. The molecule has 9 heavy (non-hydrogen) atoms. The van der Waals surface area contributed by atoms with Gasteiger partial charge in [0.05, 0.1) is 6.10 Å². The first-order valence-electron chi connectivity index (χ1n) is 3.68. The van der Waals surface area contributed by atoms with Crippen LogP contribution < -0.4 is 0 Å². The van der Waals surface area contributed by atoms with Crippen molar-refractivity contribution in [3.05, 3.63) is 6.92 Å². The lowest BCUT2D eigenvalue weighted by molar-refractivity contribution is 0.185. The topological polar surface area (TPSA) is 20.2 Å². The maximum Gasteiger partial charge on any atom is 0.0543 e. The van der Waals surface area contributed by atoms with Gasteiger partial charge in [0.25, 0.3) is 0 Å². The van der Waals surface area contributed by atoms with Crippen molar-refractivity contribution in [2.45, 2.75) is 39.2 Å². The van der Waals surface area contributed by atoms with Crippen LogP contribution in [0.2, 0.25) is 0 Å². The number of hydrogen-bond acceptors (Lipinski definition) is 1. The fourth-order valence-electron chi connectivity index (χ4n) is 1.08. The highest BCUT2D eigenvalue weighted by atomic mass is 16.3. The van der Waals surface area contributed by atoms with Gasteiger partial charge in [0.2, 0.25) is 0 Å². The number of hydrogen-bond donors (Lipinski definition) is 1. The molecule has 0 saturated heterocycles. The van der Waals surface area contributed by atoms with Crippen molar-refractivity contribution in [1.29, 1.82) is 0 Å². The standard InChI is InChI=1S/C8H17O/c1-4-5-7(2)6-8(3)9/h7-9H,3-6H2,1-2H3. The lowest BCUT2D eigenvalue weighted by Crippen LogP contribution is -2.06. The van der Waals surface area contributed by atoms with E-state index < -0.39 is 0 Å². The monoisotopic (exact) mass is 129 g/mol. The SMILES string of the molecule is [CH2]C(O)CC(C)CCC. The summed E-state index contributed by atoms with van der Waals surface area (Å²) in [5.74, 6) is 0.627. The second kappa shape index (κ2) is 4.80. The molecule has 0 spiro atoms. The van der Waals surface area contributed by atoms with E-state index in [1.165, 1.54) is 12.8 Å². The van der Waals surface area contributed by atoms with Gasteiger partial charge in [-0.3, -0.25) is 0 Å². The summed E-state index contributed by atoms with van der Waals surface area (Å²) in [6.45, 7) is 7.83. The van der Waals surface area contributed by atoms with E-state index in [0.29, 0.717) is 5.92 Å². The van der Waals surface area contributed by atoms with Crippen LogP contribution in [0.3, 0.4) is 0 Å². The Morgan fingerprint density at radius 1 is 1.56 bits per heavy atom. The average Bonchev–Trinajstić information content (AvgIpc) is 1.63. The minimum absolute atomic E-state index is 0.369. The summed E-state index contributed by atoms with van der Waals surface area (Å²) >= 11 is 0. The minimum atomic E-state index is -0.369. The Morgan fingerprint density at radius 2 is 2.11 bits per heavy atom. The Labute approximate surface area is 58.1 Å². The molecule has 2 unspecified atom stereocenters. The fourth-order valence-corrected chi connectivity index (χ4v) is 1.08. The fraction of sp³-hybridized carbons (Fsp3) is 0.875. The van der Waals surface area contributed by atoms with Crippen LogP contribution in [0.1, 0.15) is 33.1 Å². The van der Waals surface area contributed by atoms with Crippen LogP contribution in [0, 0.1) is 12.8 Å². The van der Waals surface area contributed by atoms with Gasteiger partial charge in [0, 0.05) is 0 Å². The van der Waals surface area contributed by atoms with E-state index in [1.54, 1.807) is 0 Å². The van der Waals surface area contributed by atoms with Crippen molar-refractivity contribution in [3.8, 4) is 0 Å². The predicted octanol–water partition coefficient (Wildman–Crippen LogP) is 2.01. The molecule has 0 aromatic carbocycles. The van der Waals surface area contributed by atoms with E-state index in [4.69, 9.17) is 5.11 Å². The van der Waals surface area contributed by atoms with Gasteiger partial charge in [-0.1, -0.05) is 26.7 Å². The molecular formula is C8H17O. The summed E-state index contributed by atoms with van der Waals surface area (Å²) in [6.07, 6.45) is 2.88. The third-order valence-corrected chi connectivity index (χ3v) is 1.46. The second-order valence-electron chi connectivity index (χ2n) is 2.78. The summed E-state index contributed by atoms with van der Waals surface area (Å²) < 4.78 is 0. The summed E-state index contributed by atoms with van der Waals surface area (Å²) in [6, 6.07) is 0. The van der Waals surface area contributed by atoms with Crippen molar-refractivity contribution in [3.63, 3.8) is 0 Å². The first kappa shape index (κ1) is 8.96. The van der Waals surface area contributed by atoms with Crippen molar-refractivity contribution >= 4 is 0 Å². The Hall–Kier alpha value is -0.0400. The van der Waals surface area contributed by atoms with Gasteiger partial charge in [-0.15, -0.1) is 0 Å². The van der Waals surface area contributed by atoms with Gasteiger partial charge in [0.1, 0.15) is 0 Å². The van der Waals surface area contributed by atoms with E-state index in [-0.39, 0.29) is 6.10 Å². The maximum absolute atomic E-state index is 8.84. The molecule has 1 heteroatoms. The molecule has 0 aliphatic carbocycles. The highest BCUT2D eigenvalue weighted by molar-refractivity contribution is 4.61. The molecule has 0 aromatic heterocycles. The van der Waals surface area contributed by atoms with Crippen LogP contribution >= 0.6 is 0 Å². The lowest BCUT2D eigenvalue weighted by Gasteiger charge is -2.10. The van der Waals surface area contributed by atoms with Crippen LogP contribution in [0.15, 0.2) is 0 Å². The molecule has 2 atom stereocenters. The molecule has 1 radical (unpaired) electrons. The van der Waals surface area contributed by atoms with E-state index in [9.17, 15) is 0 Å². The number of aliphatic hydroxyl groups excluding tert-OH is 1. The summed E-state index contributed by atoms with van der Waals surface area (Å²) in [5.41, 5.74) is 0. The summed E-state index contributed by atoms with van der Waals surface area (Å²) in [5, 5.41) is 8.84. The van der Waals surface area contributed by atoms with Gasteiger partial charge in [-0.05, 0) is 19.3 Å². The highest BCUT2D eigenvalue weighted by Crippen LogP contribution is 2.11. The Kier molecular flexibility index (Phi) is 4.78. The molecule has 1 nitrogen and oxygen atoms in total. The Balaban J connectivity index is 3.15. The third kappa shape index (κ3) is 5.84. The van der Waals surface area contributed by atoms with Gasteiger partial charge >= 0.3 is 0 Å². The molecule has 0 amide bonds. The molecule has 0 rings (SSSR count). The number of rotatable bonds is 4. The smallest absolute Gasteiger partial charge is 0.0543 e. The second-order valence-corrected chi connectivity index (χ2v) is 2.78. The molecule has 0 heterocycles. The molecule has 0 aliphatic heterocycles. The molecule has 0 aliphatic rings. The Morgan fingerprint density at radius 3 is 2.44 bits per heavy atom. The zero-order valence-corrected chi connectivity index (χ0v) is 6.43. The first-order valence-corrected chi connectivity index (χ1v) is 3.68. The first-order chi connectivity index (χ1) is 4.16. The van der Waals surface area contributed by atoms with Crippen molar-refractivity contribution < 1.29 is 5.11 Å². The summed E-state index contributed by atoms with van der Waals surface area (Å²) in [7, 11) is 0. The van der Waals surface area contributed by atoms with E-state index >= 15 is 0 Å². The van der Waals surface area contributed by atoms with E-state index in [0.717, 1.165) is 6.42 Å². The van der Waals surface area contributed by atoms with Gasteiger partial charge < -0.3 is 5.11 Å². The molecule has 0 fully saturated rings. The summed E-state index contributed by atoms with van der Waals surface area (Å²) in [4.78, 5) is 0. The van der Waals surface area contributed by atoms with Crippen LogP contribution in [0.5, 0.6) is 0 Å². The number of aliphatic hydroxyl groups is 1. The third-order valence-electron chi connectivity index (χ3n) is 1.46. The largest absolute Gasteiger partial charge is 0.393 e. The average molecular weight is 129 g/mol. The van der Waals surface area contributed by atoms with Gasteiger partial charge in [-0.2, -0.15) is 0 Å². The van der Waals surface area contributed by atoms with E-state index in [1.807, 2.05) is 0 Å². The molecule has 55 valence electrons. The minimum Gasteiger partial charge on any atom is -0.393 e. The normalized spacial score (nSPS) is 17.3. The molecule has 0 bridgehead atoms.